The molecule has 4 nitrogen and oxygen atoms in total. The maximum atomic E-state index is 13.4. The Bertz CT molecular complexity index is 1210. The van der Waals surface area contributed by atoms with E-state index in [4.69, 9.17) is 4.74 Å². The first kappa shape index (κ1) is 19.4. The third kappa shape index (κ3) is 3.44. The summed E-state index contributed by atoms with van der Waals surface area (Å²) in [7, 11) is 1.69. The molecule has 0 spiro atoms. The van der Waals surface area contributed by atoms with Gasteiger partial charge in [-0.1, -0.05) is 30.3 Å². The molecule has 2 aromatic carbocycles. The number of nitrogens with one attached hydrogen (secondary N) is 1. The van der Waals surface area contributed by atoms with Crippen LogP contribution in [-0.2, 0) is 17.6 Å². The van der Waals surface area contributed by atoms with Crippen LogP contribution in [0.4, 0.5) is 0 Å². The van der Waals surface area contributed by atoms with Crippen LogP contribution in [0, 0.1) is 0 Å². The number of carbonyl (C=O) groups excluding carboxylic acids is 1. The zero-order valence-electron chi connectivity index (χ0n) is 16.5. The minimum Gasteiger partial charge on any atom is -0.497 e. The third-order valence-corrected chi connectivity index (χ3v) is 7.46. The zero-order chi connectivity index (χ0) is 20.7. The average Bonchev–Trinajstić information content (AvgIpc) is 3.36. The van der Waals surface area contributed by atoms with Crippen LogP contribution >= 0.6 is 27.3 Å². The smallest absolute Gasteiger partial charge is 0.227 e. The summed E-state index contributed by atoms with van der Waals surface area (Å²) in [5.41, 5.74) is 4.52. The standard InChI is InChI=1S/C24H21BrN2O2S/c1-29-17-7-8-20-19(13-17)18-9-10-27(22(28)11-15-5-3-2-4-6-15)24(23(18)26-20)21-12-16(25)14-30-21/h2-8,12-14,24,26H,9-11H2,1H3. The molecule has 1 aliphatic rings. The first-order chi connectivity index (χ1) is 14.6. The number of carbonyl (C=O) groups is 1. The summed E-state index contributed by atoms with van der Waals surface area (Å²) in [6.45, 7) is 0.697. The highest BCUT2D eigenvalue weighted by Crippen LogP contribution is 2.42. The first-order valence-corrected chi connectivity index (χ1v) is 11.6. The quantitative estimate of drug-likeness (QED) is 0.406. The Morgan fingerprint density at radius 3 is 2.80 bits per heavy atom. The van der Waals surface area contributed by atoms with Crippen molar-refractivity contribution in [2.75, 3.05) is 13.7 Å². The van der Waals surface area contributed by atoms with Gasteiger partial charge in [-0.2, -0.15) is 0 Å². The molecule has 0 radical (unpaired) electrons. The fraction of sp³-hybridized carbons (Fsp3) is 0.208. The van der Waals surface area contributed by atoms with Crippen molar-refractivity contribution in [3.05, 3.63) is 86.1 Å². The molecule has 5 rings (SSSR count). The largest absolute Gasteiger partial charge is 0.497 e. The number of aromatic amines is 1. The van der Waals surface area contributed by atoms with Crippen molar-refractivity contribution in [3.8, 4) is 5.75 Å². The highest BCUT2D eigenvalue weighted by atomic mass is 79.9. The fourth-order valence-corrected chi connectivity index (χ4v) is 5.87. The van der Waals surface area contributed by atoms with E-state index >= 15 is 0 Å². The second-order valence-electron chi connectivity index (χ2n) is 7.50. The van der Waals surface area contributed by atoms with Gasteiger partial charge in [0.1, 0.15) is 11.8 Å². The molecule has 3 heterocycles. The number of amides is 1. The zero-order valence-corrected chi connectivity index (χ0v) is 18.9. The van der Waals surface area contributed by atoms with Crippen LogP contribution < -0.4 is 4.74 Å². The minimum absolute atomic E-state index is 0.111. The number of halogens is 1. The van der Waals surface area contributed by atoms with Crippen LogP contribution in [-0.4, -0.2) is 29.4 Å². The van der Waals surface area contributed by atoms with E-state index in [9.17, 15) is 4.79 Å². The molecule has 1 amide bonds. The lowest BCUT2D eigenvalue weighted by atomic mass is 9.95. The molecule has 1 N–H and O–H groups in total. The van der Waals surface area contributed by atoms with Gasteiger partial charge in [0.05, 0.1) is 13.5 Å². The number of nitrogens with zero attached hydrogens (tertiary/aromatic N) is 1. The fourth-order valence-electron chi connectivity index (χ4n) is 4.30. The van der Waals surface area contributed by atoms with Crippen molar-refractivity contribution in [2.45, 2.75) is 18.9 Å². The topological polar surface area (TPSA) is 45.3 Å². The molecule has 152 valence electrons. The second kappa shape index (κ2) is 7.93. The summed E-state index contributed by atoms with van der Waals surface area (Å²) in [6.07, 6.45) is 1.24. The van der Waals surface area contributed by atoms with E-state index < -0.39 is 0 Å². The van der Waals surface area contributed by atoms with Crippen molar-refractivity contribution < 1.29 is 9.53 Å². The lowest BCUT2D eigenvalue weighted by molar-refractivity contribution is -0.132. The molecule has 0 saturated heterocycles. The molecule has 4 aromatic rings. The van der Waals surface area contributed by atoms with Gasteiger partial charge in [0.25, 0.3) is 0 Å². The van der Waals surface area contributed by atoms with Gasteiger partial charge in [-0.15, -0.1) is 11.3 Å². The van der Waals surface area contributed by atoms with Gasteiger partial charge >= 0.3 is 0 Å². The number of benzene rings is 2. The Balaban J connectivity index is 1.59. The number of methoxy groups -OCH3 is 1. The molecule has 1 unspecified atom stereocenters. The molecule has 2 aromatic heterocycles. The number of fused-ring (bicyclic) bond motifs is 3. The Hall–Kier alpha value is -2.57. The molecule has 0 saturated carbocycles. The lowest BCUT2D eigenvalue weighted by Crippen LogP contribution is -2.41. The summed E-state index contributed by atoms with van der Waals surface area (Å²) < 4.78 is 6.49. The Morgan fingerprint density at radius 1 is 1.23 bits per heavy atom. The van der Waals surface area contributed by atoms with Crippen LogP contribution in [0.3, 0.4) is 0 Å². The van der Waals surface area contributed by atoms with Crippen LogP contribution in [0.2, 0.25) is 0 Å². The van der Waals surface area contributed by atoms with E-state index in [0.717, 1.165) is 38.3 Å². The van der Waals surface area contributed by atoms with E-state index in [1.807, 2.05) is 41.3 Å². The Labute approximate surface area is 187 Å². The Morgan fingerprint density at radius 2 is 2.07 bits per heavy atom. The van der Waals surface area contributed by atoms with Crippen molar-refractivity contribution in [3.63, 3.8) is 0 Å². The number of thiophene rings is 1. The molecule has 6 heteroatoms. The summed E-state index contributed by atoms with van der Waals surface area (Å²) in [5.74, 6) is 1.000. The van der Waals surface area contributed by atoms with E-state index in [-0.39, 0.29) is 11.9 Å². The average molecular weight is 481 g/mol. The van der Waals surface area contributed by atoms with Gasteiger partial charge in [0.2, 0.25) is 5.91 Å². The molecule has 1 atom stereocenters. The monoisotopic (exact) mass is 480 g/mol. The molecule has 1 aliphatic heterocycles. The van der Waals surface area contributed by atoms with Crippen molar-refractivity contribution in [1.82, 2.24) is 9.88 Å². The molecule has 0 bridgehead atoms. The van der Waals surface area contributed by atoms with Gasteiger partial charge in [-0.05, 0) is 57.7 Å². The van der Waals surface area contributed by atoms with Gasteiger partial charge in [0.15, 0.2) is 0 Å². The minimum atomic E-state index is -0.111. The highest BCUT2D eigenvalue weighted by molar-refractivity contribution is 9.10. The van der Waals surface area contributed by atoms with Gasteiger partial charge in [-0.25, -0.2) is 0 Å². The van der Waals surface area contributed by atoms with Crippen molar-refractivity contribution >= 4 is 44.1 Å². The first-order valence-electron chi connectivity index (χ1n) is 9.90. The van der Waals surface area contributed by atoms with Crippen LogP contribution in [0.15, 0.2) is 64.5 Å². The molecule has 30 heavy (non-hydrogen) atoms. The van der Waals surface area contributed by atoms with Gasteiger partial charge in [-0.3, -0.25) is 4.79 Å². The summed E-state index contributed by atoms with van der Waals surface area (Å²) >= 11 is 5.26. The summed E-state index contributed by atoms with van der Waals surface area (Å²) in [4.78, 5) is 20.2. The number of rotatable bonds is 4. The number of ether oxygens (including phenoxy) is 1. The van der Waals surface area contributed by atoms with Crippen LogP contribution in [0.25, 0.3) is 10.9 Å². The van der Waals surface area contributed by atoms with E-state index in [1.165, 1.54) is 10.9 Å². The molecular weight excluding hydrogens is 460 g/mol. The number of hydrogen-bond acceptors (Lipinski definition) is 3. The van der Waals surface area contributed by atoms with Crippen LogP contribution in [0.5, 0.6) is 5.75 Å². The lowest BCUT2D eigenvalue weighted by Gasteiger charge is -2.35. The van der Waals surface area contributed by atoms with E-state index in [1.54, 1.807) is 18.4 Å². The third-order valence-electron chi connectivity index (χ3n) is 5.71. The molecule has 0 fully saturated rings. The maximum absolute atomic E-state index is 13.4. The van der Waals surface area contributed by atoms with E-state index in [2.05, 4.69) is 44.5 Å². The van der Waals surface area contributed by atoms with Crippen LogP contribution in [0.1, 0.15) is 27.7 Å². The summed E-state index contributed by atoms with van der Waals surface area (Å²) in [5, 5.41) is 3.26. The normalized spacial score (nSPS) is 15.9. The summed E-state index contributed by atoms with van der Waals surface area (Å²) in [6, 6.07) is 18.1. The number of aromatic nitrogens is 1. The van der Waals surface area contributed by atoms with Crippen molar-refractivity contribution in [2.24, 2.45) is 0 Å². The van der Waals surface area contributed by atoms with E-state index in [0.29, 0.717) is 13.0 Å². The van der Waals surface area contributed by atoms with Crippen molar-refractivity contribution in [1.29, 1.82) is 0 Å². The SMILES string of the molecule is COc1ccc2[nH]c3c(c2c1)CCN(C(=O)Cc1ccccc1)C3c1cc(Br)cs1. The number of H-pyrrole nitrogens is 1. The highest BCUT2D eigenvalue weighted by Gasteiger charge is 2.35. The van der Waals surface area contributed by atoms with Gasteiger partial charge in [0, 0.05) is 37.9 Å². The second-order valence-corrected chi connectivity index (χ2v) is 9.36. The Kier molecular flexibility index (Phi) is 5.13. The predicted octanol–water partition coefficient (Wildman–Crippen LogP) is 5.72. The predicted molar refractivity (Wildman–Crippen MR) is 124 cm³/mol. The molecular formula is C24H21BrN2O2S. The molecule has 0 aliphatic carbocycles. The maximum Gasteiger partial charge on any atom is 0.227 e. The number of hydrogen-bond donors (Lipinski definition) is 1. The van der Waals surface area contributed by atoms with Gasteiger partial charge < -0.3 is 14.6 Å².